The van der Waals surface area contributed by atoms with Crippen molar-refractivity contribution in [2.75, 3.05) is 32.8 Å². The Bertz CT molecular complexity index is 725. The van der Waals surface area contributed by atoms with Crippen LogP contribution >= 0.6 is 0 Å². The first kappa shape index (κ1) is 20.3. The number of hydrogen-bond acceptors (Lipinski definition) is 3. The van der Waals surface area contributed by atoms with Gasteiger partial charge in [-0.1, -0.05) is 72.8 Å². The second-order valence-electron chi connectivity index (χ2n) is 7.22. The van der Waals surface area contributed by atoms with Crippen LogP contribution in [0.15, 0.2) is 72.8 Å². The number of carbonyl (C=O) groups excluding carboxylic acids is 1. The molecule has 3 rings (SSSR count). The van der Waals surface area contributed by atoms with Crippen molar-refractivity contribution in [2.24, 2.45) is 0 Å². The van der Waals surface area contributed by atoms with Gasteiger partial charge in [0, 0.05) is 26.2 Å². The molecule has 4 heteroatoms. The van der Waals surface area contributed by atoms with Crippen LogP contribution in [0, 0.1) is 0 Å². The number of likely N-dealkylation sites (tertiary alicyclic amines) is 1. The van der Waals surface area contributed by atoms with Crippen LogP contribution < -0.4 is 0 Å². The Kier molecular flexibility index (Phi) is 8.28. The van der Waals surface area contributed by atoms with Gasteiger partial charge in [-0.05, 0) is 24.0 Å². The van der Waals surface area contributed by atoms with Gasteiger partial charge in [-0.25, -0.2) is 0 Å². The van der Waals surface area contributed by atoms with Gasteiger partial charge >= 0.3 is 0 Å². The number of amides is 1. The quantitative estimate of drug-likeness (QED) is 0.465. The van der Waals surface area contributed by atoms with E-state index in [0.29, 0.717) is 19.8 Å². The molecule has 1 amide bonds. The lowest BCUT2D eigenvalue weighted by Gasteiger charge is -2.24. The molecule has 4 nitrogen and oxygen atoms in total. The first-order valence-electron chi connectivity index (χ1n) is 10.1. The summed E-state index contributed by atoms with van der Waals surface area (Å²) >= 11 is 0. The molecule has 0 bridgehead atoms. The maximum atomic E-state index is 12.6. The molecule has 1 fully saturated rings. The summed E-state index contributed by atoms with van der Waals surface area (Å²) in [6.45, 7) is 4.98. The van der Waals surface area contributed by atoms with Crippen molar-refractivity contribution >= 4 is 5.91 Å². The second kappa shape index (κ2) is 11.4. The van der Waals surface area contributed by atoms with E-state index in [1.54, 1.807) is 0 Å². The van der Waals surface area contributed by atoms with Crippen molar-refractivity contribution in [3.05, 3.63) is 83.9 Å². The van der Waals surface area contributed by atoms with E-state index in [4.69, 9.17) is 4.74 Å². The topological polar surface area (TPSA) is 32.8 Å². The zero-order chi connectivity index (χ0) is 19.4. The molecule has 1 aliphatic heterocycles. The number of nitrogens with zero attached hydrogens (tertiary/aromatic N) is 2. The molecular weight excluding hydrogens is 348 g/mol. The lowest BCUT2D eigenvalue weighted by atomic mass is 10.2. The van der Waals surface area contributed by atoms with Crippen LogP contribution in [0.2, 0.25) is 0 Å². The van der Waals surface area contributed by atoms with Gasteiger partial charge in [-0.15, -0.1) is 0 Å². The fourth-order valence-corrected chi connectivity index (χ4v) is 3.40. The summed E-state index contributed by atoms with van der Waals surface area (Å²) in [4.78, 5) is 16.8. The van der Waals surface area contributed by atoms with Gasteiger partial charge in [0.15, 0.2) is 0 Å². The molecule has 0 spiro atoms. The average molecular weight is 379 g/mol. The lowest BCUT2D eigenvalue weighted by Crippen LogP contribution is -2.38. The molecule has 1 saturated heterocycles. The van der Waals surface area contributed by atoms with Crippen LogP contribution in [0.4, 0.5) is 0 Å². The highest BCUT2D eigenvalue weighted by Gasteiger charge is 2.20. The Labute approximate surface area is 168 Å². The van der Waals surface area contributed by atoms with Gasteiger partial charge in [0.25, 0.3) is 0 Å². The third-order valence-electron chi connectivity index (χ3n) is 4.92. The third kappa shape index (κ3) is 6.95. The van der Waals surface area contributed by atoms with Gasteiger partial charge < -0.3 is 9.64 Å². The fourth-order valence-electron chi connectivity index (χ4n) is 3.40. The van der Waals surface area contributed by atoms with Crippen molar-refractivity contribution < 1.29 is 9.53 Å². The molecule has 0 atom stereocenters. The molecule has 0 N–H and O–H groups in total. The predicted molar refractivity (Wildman–Crippen MR) is 113 cm³/mol. The zero-order valence-electron chi connectivity index (χ0n) is 16.5. The molecular formula is C24H30N2O2. The van der Waals surface area contributed by atoms with Crippen LogP contribution in [-0.2, 0) is 22.7 Å². The summed E-state index contributed by atoms with van der Waals surface area (Å²) in [5.41, 5.74) is 2.41. The van der Waals surface area contributed by atoms with Gasteiger partial charge in [0.2, 0.25) is 5.91 Å². The molecule has 0 unspecified atom stereocenters. The van der Waals surface area contributed by atoms with Crippen molar-refractivity contribution in [1.82, 2.24) is 9.80 Å². The number of hydrogen-bond donors (Lipinski definition) is 0. The standard InChI is InChI=1S/C24H30N2O2/c27-24(26-16-7-8-17-26)20-25(19-22-11-3-1-4-12-22)15-9-10-18-28-21-23-13-5-2-6-14-23/h1-6,9-14H,7-8,15-21H2/b10-9+. The summed E-state index contributed by atoms with van der Waals surface area (Å²) in [5, 5.41) is 0. The van der Waals surface area contributed by atoms with Crippen molar-refractivity contribution in [3.63, 3.8) is 0 Å². The molecule has 1 aliphatic rings. The van der Waals surface area contributed by atoms with Crippen LogP contribution in [-0.4, -0.2) is 48.5 Å². The highest BCUT2D eigenvalue weighted by molar-refractivity contribution is 5.78. The molecule has 148 valence electrons. The Hall–Kier alpha value is -2.43. The monoisotopic (exact) mass is 378 g/mol. The molecule has 0 radical (unpaired) electrons. The Morgan fingerprint density at radius 2 is 1.57 bits per heavy atom. The van der Waals surface area contributed by atoms with Crippen LogP contribution in [0.1, 0.15) is 24.0 Å². The number of rotatable bonds is 10. The molecule has 2 aromatic carbocycles. The first-order chi connectivity index (χ1) is 13.8. The average Bonchev–Trinajstić information content (AvgIpc) is 3.27. The molecule has 0 saturated carbocycles. The number of benzene rings is 2. The van der Waals surface area contributed by atoms with Crippen molar-refractivity contribution in [3.8, 4) is 0 Å². The maximum Gasteiger partial charge on any atom is 0.236 e. The Balaban J connectivity index is 1.47. The van der Waals surface area contributed by atoms with E-state index in [9.17, 15) is 4.79 Å². The Morgan fingerprint density at radius 3 is 2.25 bits per heavy atom. The van der Waals surface area contributed by atoms with Crippen LogP contribution in [0.5, 0.6) is 0 Å². The minimum absolute atomic E-state index is 0.238. The number of ether oxygens (including phenoxy) is 1. The summed E-state index contributed by atoms with van der Waals surface area (Å²) in [6, 6.07) is 20.5. The SMILES string of the molecule is O=C(CN(C/C=C/COCc1ccccc1)Cc1ccccc1)N1CCCC1. The van der Waals surface area contributed by atoms with Crippen LogP contribution in [0.25, 0.3) is 0 Å². The van der Waals surface area contributed by atoms with E-state index in [2.05, 4.69) is 35.2 Å². The van der Waals surface area contributed by atoms with Gasteiger partial charge in [-0.3, -0.25) is 9.69 Å². The largest absolute Gasteiger partial charge is 0.373 e. The van der Waals surface area contributed by atoms with Crippen molar-refractivity contribution in [2.45, 2.75) is 26.0 Å². The summed E-state index contributed by atoms with van der Waals surface area (Å²) in [5.74, 6) is 0.238. The molecule has 28 heavy (non-hydrogen) atoms. The second-order valence-corrected chi connectivity index (χ2v) is 7.22. The highest BCUT2D eigenvalue weighted by Crippen LogP contribution is 2.10. The molecule has 1 heterocycles. The third-order valence-corrected chi connectivity index (χ3v) is 4.92. The van der Waals surface area contributed by atoms with Gasteiger partial charge in [-0.2, -0.15) is 0 Å². The normalized spacial score (nSPS) is 14.2. The molecule has 0 aromatic heterocycles. The van der Waals surface area contributed by atoms with E-state index < -0.39 is 0 Å². The van der Waals surface area contributed by atoms with Gasteiger partial charge in [0.1, 0.15) is 0 Å². The molecule has 0 aliphatic carbocycles. The zero-order valence-corrected chi connectivity index (χ0v) is 16.5. The Morgan fingerprint density at radius 1 is 0.929 bits per heavy atom. The fraction of sp³-hybridized carbons (Fsp3) is 0.375. The van der Waals surface area contributed by atoms with E-state index >= 15 is 0 Å². The predicted octanol–water partition coefficient (Wildman–Crippen LogP) is 3.88. The lowest BCUT2D eigenvalue weighted by molar-refractivity contribution is -0.131. The van der Waals surface area contributed by atoms with E-state index in [1.807, 2.05) is 47.4 Å². The first-order valence-corrected chi connectivity index (χ1v) is 10.1. The summed E-state index contributed by atoms with van der Waals surface area (Å²) in [7, 11) is 0. The van der Waals surface area contributed by atoms with E-state index in [-0.39, 0.29) is 5.91 Å². The van der Waals surface area contributed by atoms with Gasteiger partial charge in [0.05, 0.1) is 19.8 Å². The maximum absolute atomic E-state index is 12.6. The highest BCUT2D eigenvalue weighted by atomic mass is 16.5. The smallest absolute Gasteiger partial charge is 0.236 e. The minimum atomic E-state index is 0.238. The van der Waals surface area contributed by atoms with E-state index in [1.165, 1.54) is 11.1 Å². The van der Waals surface area contributed by atoms with E-state index in [0.717, 1.165) is 39.0 Å². The number of carbonyl (C=O) groups is 1. The summed E-state index contributed by atoms with van der Waals surface area (Å²) < 4.78 is 5.70. The summed E-state index contributed by atoms with van der Waals surface area (Å²) in [6.07, 6.45) is 6.40. The minimum Gasteiger partial charge on any atom is -0.373 e. The molecule has 2 aromatic rings. The van der Waals surface area contributed by atoms with Crippen LogP contribution in [0.3, 0.4) is 0 Å². The van der Waals surface area contributed by atoms with Crippen molar-refractivity contribution in [1.29, 1.82) is 0 Å².